The van der Waals surface area contributed by atoms with E-state index in [0.717, 1.165) is 0 Å². The van der Waals surface area contributed by atoms with Gasteiger partial charge in [-0.2, -0.15) is 5.26 Å². The molecular weight excluding hydrogens is 310 g/mol. The topological polar surface area (TPSA) is 77.8 Å². The molecule has 2 aromatic rings. The second kappa shape index (κ2) is 7.88. The molecule has 0 bridgehead atoms. The molecule has 2 aromatic carbocycles. The van der Waals surface area contributed by atoms with Gasteiger partial charge in [-0.25, -0.2) is 0 Å². The molecule has 0 fully saturated rings. The van der Waals surface area contributed by atoms with Crippen LogP contribution in [-0.2, 0) is 0 Å². The van der Waals surface area contributed by atoms with Crippen molar-refractivity contribution in [1.29, 1.82) is 5.26 Å². The third kappa shape index (κ3) is 3.76. The molecule has 0 aromatic heterocycles. The monoisotopic (exact) mass is 327 g/mol. The van der Waals surface area contributed by atoms with Crippen LogP contribution in [0, 0.1) is 11.3 Å². The van der Waals surface area contributed by atoms with Gasteiger partial charge in [-0.3, -0.25) is 4.79 Å². The lowest BCUT2D eigenvalue weighted by molar-refractivity contribution is 0.0916. The molecule has 124 valence electrons. The fourth-order valence-corrected chi connectivity index (χ4v) is 2.11. The summed E-state index contributed by atoms with van der Waals surface area (Å²) in [7, 11) is 4.48. The van der Waals surface area contributed by atoms with Crippen LogP contribution in [-0.4, -0.2) is 33.7 Å². The minimum Gasteiger partial charge on any atom is -0.497 e. The van der Waals surface area contributed by atoms with Crippen molar-refractivity contribution in [2.24, 2.45) is 0 Å². The van der Waals surface area contributed by atoms with Gasteiger partial charge in [0, 0.05) is 6.07 Å². The number of nitrogens with zero attached hydrogens (tertiary/aromatic N) is 1. The van der Waals surface area contributed by atoms with Gasteiger partial charge in [0.05, 0.1) is 38.5 Å². The summed E-state index contributed by atoms with van der Waals surface area (Å²) in [5.74, 6) is 1.50. The van der Waals surface area contributed by atoms with Crippen molar-refractivity contribution in [2.45, 2.75) is 0 Å². The Labute approximate surface area is 140 Å². The molecule has 0 aliphatic carbocycles. The molecule has 0 unspecified atom stereocenters. The highest BCUT2D eigenvalue weighted by Crippen LogP contribution is 2.29. The summed E-state index contributed by atoms with van der Waals surface area (Å²) in [6.07, 6.45) is 0. The van der Waals surface area contributed by atoms with E-state index < -0.39 is 0 Å². The van der Waals surface area contributed by atoms with Crippen LogP contribution in [0.1, 0.15) is 15.9 Å². The Kier molecular flexibility index (Phi) is 5.63. The zero-order valence-corrected chi connectivity index (χ0v) is 13.7. The van der Waals surface area contributed by atoms with E-state index >= 15 is 0 Å². The molecule has 6 nitrogen and oxygen atoms in total. The van der Waals surface area contributed by atoms with Crippen LogP contribution in [0.15, 0.2) is 36.4 Å². The predicted octanol–water partition coefficient (Wildman–Crippen LogP) is 2.85. The van der Waals surface area contributed by atoms with E-state index in [1.807, 2.05) is 6.07 Å². The van der Waals surface area contributed by atoms with Crippen molar-refractivity contribution in [3.63, 3.8) is 0 Å². The second-order valence-corrected chi connectivity index (χ2v) is 4.76. The lowest BCUT2D eigenvalue weighted by atomic mass is 10.1. The lowest BCUT2D eigenvalue weighted by Gasteiger charge is -2.12. The first-order valence-corrected chi connectivity index (χ1v) is 7.09. The average Bonchev–Trinajstić information content (AvgIpc) is 2.65. The molecular formula is C18H17NO5. The summed E-state index contributed by atoms with van der Waals surface area (Å²) >= 11 is 0. The molecule has 0 radical (unpaired) electrons. The number of hydrogen-bond acceptors (Lipinski definition) is 6. The van der Waals surface area contributed by atoms with E-state index in [1.165, 1.54) is 21.3 Å². The van der Waals surface area contributed by atoms with Gasteiger partial charge in [0.25, 0.3) is 0 Å². The number of carbonyl (C=O) groups is 1. The molecule has 0 spiro atoms. The Morgan fingerprint density at radius 2 is 1.67 bits per heavy atom. The number of Topliss-reactive ketones (excluding diaryl/α,β-unsaturated/α-hetero) is 1. The molecule has 0 N–H and O–H groups in total. The Bertz CT molecular complexity index is 779. The summed E-state index contributed by atoms with van der Waals surface area (Å²) in [5.41, 5.74) is 0.810. The number of rotatable bonds is 7. The van der Waals surface area contributed by atoms with Crippen molar-refractivity contribution in [3.8, 4) is 29.1 Å². The summed E-state index contributed by atoms with van der Waals surface area (Å²) in [4.78, 5) is 12.4. The quantitative estimate of drug-likeness (QED) is 0.728. The molecule has 0 heterocycles. The highest BCUT2D eigenvalue weighted by Gasteiger charge is 2.15. The van der Waals surface area contributed by atoms with Crippen molar-refractivity contribution >= 4 is 5.78 Å². The zero-order chi connectivity index (χ0) is 17.5. The number of carbonyl (C=O) groups excluding carboxylic acids is 1. The highest BCUT2D eigenvalue weighted by molar-refractivity contribution is 6.00. The van der Waals surface area contributed by atoms with Crippen LogP contribution in [0.3, 0.4) is 0 Å². The molecule has 0 amide bonds. The van der Waals surface area contributed by atoms with Gasteiger partial charge in [-0.05, 0) is 30.3 Å². The zero-order valence-electron chi connectivity index (χ0n) is 13.7. The van der Waals surface area contributed by atoms with Crippen LogP contribution in [0.4, 0.5) is 0 Å². The molecule has 2 rings (SSSR count). The Morgan fingerprint density at radius 1 is 0.958 bits per heavy atom. The number of hydrogen-bond donors (Lipinski definition) is 0. The Hall–Kier alpha value is -3.20. The first kappa shape index (κ1) is 17.2. The van der Waals surface area contributed by atoms with Crippen LogP contribution in [0.25, 0.3) is 0 Å². The molecule has 6 heteroatoms. The standard InChI is InChI=1S/C18H17NO5/c1-21-13-5-7-16(22-2)14(9-13)15(20)11-24-17-6-4-12(10-19)8-18(17)23-3/h4-9H,11H2,1-3H3. The SMILES string of the molecule is COc1ccc(OC)c(C(=O)COc2ccc(C#N)cc2OC)c1. The maximum absolute atomic E-state index is 12.4. The van der Waals surface area contributed by atoms with E-state index in [1.54, 1.807) is 36.4 Å². The van der Waals surface area contributed by atoms with Crippen molar-refractivity contribution < 1.29 is 23.7 Å². The van der Waals surface area contributed by atoms with Gasteiger partial charge in [-0.1, -0.05) is 0 Å². The fraction of sp³-hybridized carbons (Fsp3) is 0.222. The van der Waals surface area contributed by atoms with Crippen molar-refractivity contribution in [2.75, 3.05) is 27.9 Å². The molecule has 0 aliphatic rings. The van der Waals surface area contributed by atoms with Gasteiger partial charge in [-0.15, -0.1) is 0 Å². The Balaban J connectivity index is 2.18. The molecule has 0 saturated carbocycles. The Morgan fingerprint density at radius 3 is 2.29 bits per heavy atom. The van der Waals surface area contributed by atoms with E-state index in [0.29, 0.717) is 34.1 Å². The minimum absolute atomic E-state index is 0.203. The molecule has 0 saturated heterocycles. The number of benzene rings is 2. The van der Waals surface area contributed by atoms with E-state index in [-0.39, 0.29) is 12.4 Å². The number of methoxy groups -OCH3 is 3. The second-order valence-electron chi connectivity index (χ2n) is 4.76. The lowest BCUT2D eigenvalue weighted by Crippen LogP contribution is -2.13. The number of ether oxygens (including phenoxy) is 4. The first-order valence-electron chi connectivity index (χ1n) is 7.09. The minimum atomic E-state index is -0.267. The smallest absolute Gasteiger partial charge is 0.204 e. The van der Waals surface area contributed by atoms with E-state index in [9.17, 15) is 4.79 Å². The summed E-state index contributed by atoms with van der Waals surface area (Å²) in [6, 6.07) is 11.7. The molecule has 0 atom stereocenters. The van der Waals surface area contributed by atoms with Crippen LogP contribution in [0.2, 0.25) is 0 Å². The van der Waals surface area contributed by atoms with E-state index in [4.69, 9.17) is 24.2 Å². The van der Waals surface area contributed by atoms with Gasteiger partial charge >= 0.3 is 0 Å². The van der Waals surface area contributed by atoms with Gasteiger partial charge in [0.1, 0.15) is 11.5 Å². The average molecular weight is 327 g/mol. The molecule has 24 heavy (non-hydrogen) atoms. The van der Waals surface area contributed by atoms with Gasteiger partial charge in [0.2, 0.25) is 5.78 Å². The maximum Gasteiger partial charge on any atom is 0.204 e. The summed E-state index contributed by atoms with van der Waals surface area (Å²) < 4.78 is 21.0. The summed E-state index contributed by atoms with van der Waals surface area (Å²) in [5, 5.41) is 8.90. The van der Waals surface area contributed by atoms with E-state index in [2.05, 4.69) is 0 Å². The normalized spacial score (nSPS) is 9.75. The maximum atomic E-state index is 12.4. The fourth-order valence-electron chi connectivity index (χ4n) is 2.11. The highest BCUT2D eigenvalue weighted by atomic mass is 16.5. The van der Waals surface area contributed by atoms with Crippen molar-refractivity contribution in [3.05, 3.63) is 47.5 Å². The third-order valence-electron chi connectivity index (χ3n) is 3.36. The number of nitriles is 1. The predicted molar refractivity (Wildman–Crippen MR) is 87.1 cm³/mol. The van der Waals surface area contributed by atoms with Crippen LogP contribution in [0.5, 0.6) is 23.0 Å². The molecule has 0 aliphatic heterocycles. The summed E-state index contributed by atoms with van der Waals surface area (Å²) in [6.45, 7) is -0.203. The van der Waals surface area contributed by atoms with Crippen LogP contribution < -0.4 is 18.9 Å². The van der Waals surface area contributed by atoms with Gasteiger partial charge in [0.15, 0.2) is 18.1 Å². The number of ketones is 1. The third-order valence-corrected chi connectivity index (χ3v) is 3.36. The van der Waals surface area contributed by atoms with Crippen molar-refractivity contribution in [1.82, 2.24) is 0 Å². The largest absolute Gasteiger partial charge is 0.497 e. The van der Waals surface area contributed by atoms with Gasteiger partial charge < -0.3 is 18.9 Å². The first-order chi connectivity index (χ1) is 11.6. The van der Waals surface area contributed by atoms with Crippen LogP contribution >= 0.6 is 0 Å².